The molecule has 2 aliphatic heterocycles. The van der Waals surface area contributed by atoms with Gasteiger partial charge in [-0.05, 0) is 60.5 Å². The predicted octanol–water partition coefficient (Wildman–Crippen LogP) is 5.52. The molecule has 3 fully saturated rings. The highest BCUT2D eigenvalue weighted by atomic mass is 32.1. The number of aliphatic imine (C=N–C) groups is 1. The lowest BCUT2D eigenvalue weighted by molar-refractivity contribution is -0.187. The summed E-state index contributed by atoms with van der Waals surface area (Å²) in [4.78, 5) is 27.6. The summed E-state index contributed by atoms with van der Waals surface area (Å²) in [5.74, 6) is -1.72. The largest absolute Gasteiger partial charge is 0.420 e. The highest BCUT2D eigenvalue weighted by Gasteiger charge is 2.75. The molecule has 0 bridgehead atoms. The summed E-state index contributed by atoms with van der Waals surface area (Å²) < 4.78 is 55.3. The molecule has 1 saturated carbocycles. The number of nitrogens with zero attached hydrogens (tertiary/aromatic N) is 1. The molecule has 1 aliphatic carbocycles. The molecule has 3 aliphatic rings. The van der Waals surface area contributed by atoms with Crippen molar-refractivity contribution in [3.63, 3.8) is 0 Å². The van der Waals surface area contributed by atoms with Crippen LogP contribution >= 0.6 is 21.1 Å². The zero-order valence-electron chi connectivity index (χ0n) is 24.4. The second-order valence-corrected chi connectivity index (χ2v) is 13.4. The third kappa shape index (κ3) is 7.54. The zero-order chi connectivity index (χ0) is 30.9. The summed E-state index contributed by atoms with van der Waals surface area (Å²) in [5, 5.41) is 21.6. The molecule has 12 heteroatoms. The molecule has 41 heavy (non-hydrogen) atoms. The summed E-state index contributed by atoms with van der Waals surface area (Å²) in [7, 11) is -0.198. The topological polar surface area (TPSA) is 112 Å². The van der Waals surface area contributed by atoms with Gasteiger partial charge in [0.2, 0.25) is 0 Å². The molecule has 0 aromatic rings. The van der Waals surface area contributed by atoms with Crippen LogP contribution in [0.15, 0.2) is 27.7 Å². The van der Waals surface area contributed by atoms with Gasteiger partial charge in [0.25, 0.3) is 0 Å². The van der Waals surface area contributed by atoms with Crippen molar-refractivity contribution in [3.05, 3.63) is 22.8 Å². The van der Waals surface area contributed by atoms with E-state index >= 15 is 0 Å². The number of rotatable bonds is 4. The van der Waals surface area contributed by atoms with Crippen LogP contribution in [0.2, 0.25) is 0 Å². The Balaban J connectivity index is 2.02. The third-order valence-electron chi connectivity index (χ3n) is 9.33. The first-order chi connectivity index (χ1) is 19.0. The number of allylic oxidation sites excluding steroid dienone is 1. The number of carbonyl (C=O) groups is 1. The first-order valence-electron chi connectivity index (χ1n) is 14.0. The molecular weight excluding hydrogens is 578 g/mol. The number of thiol groups is 1. The molecule has 0 radical (unpaired) electrons. The van der Waals surface area contributed by atoms with E-state index in [9.17, 15) is 28.0 Å². The molecule has 2 saturated heterocycles. The lowest BCUT2D eigenvalue weighted by Gasteiger charge is -2.32. The van der Waals surface area contributed by atoms with E-state index in [0.29, 0.717) is 17.7 Å². The van der Waals surface area contributed by atoms with E-state index < -0.39 is 41.4 Å². The van der Waals surface area contributed by atoms with Gasteiger partial charge in [0, 0.05) is 30.4 Å². The quantitative estimate of drug-likeness (QED) is 0.108. The van der Waals surface area contributed by atoms with Crippen molar-refractivity contribution < 1.29 is 42.5 Å². The minimum Gasteiger partial charge on any atom is -0.392 e. The summed E-state index contributed by atoms with van der Waals surface area (Å²) in [5.41, 5.74) is -2.06. The molecular formula is C29H43F3NO6PS. The van der Waals surface area contributed by atoms with Crippen LogP contribution in [0, 0.1) is 35.0 Å². The van der Waals surface area contributed by atoms with E-state index in [2.05, 4.69) is 17.6 Å². The van der Waals surface area contributed by atoms with Gasteiger partial charge < -0.3 is 24.6 Å². The van der Waals surface area contributed by atoms with Crippen LogP contribution in [0.3, 0.4) is 0 Å². The molecule has 2 heterocycles. The summed E-state index contributed by atoms with van der Waals surface area (Å²) in [6.07, 6.45) is -4.62. The molecule has 0 spiro atoms. The number of Topliss-reactive ketones (excluding diaryl/α,β-unsaturated/α-hetero) is 1. The van der Waals surface area contributed by atoms with Crippen LogP contribution < -0.4 is 0 Å². The van der Waals surface area contributed by atoms with E-state index in [1.54, 1.807) is 33.8 Å². The van der Waals surface area contributed by atoms with E-state index in [-0.39, 0.29) is 69.2 Å². The van der Waals surface area contributed by atoms with E-state index in [1.165, 1.54) is 11.6 Å². The van der Waals surface area contributed by atoms with Crippen molar-refractivity contribution in [1.29, 1.82) is 0 Å². The van der Waals surface area contributed by atoms with E-state index in [0.717, 1.165) is 0 Å². The Labute approximate surface area is 247 Å². The van der Waals surface area contributed by atoms with Crippen LogP contribution in [-0.4, -0.2) is 69.3 Å². The number of halogens is 3. The Morgan fingerprint density at radius 3 is 2.46 bits per heavy atom. The molecule has 9 atom stereocenters. The van der Waals surface area contributed by atoms with Crippen molar-refractivity contribution in [3.8, 4) is 0 Å². The summed E-state index contributed by atoms with van der Waals surface area (Å²) >= 11 is 4.14. The fourth-order valence-electron chi connectivity index (χ4n) is 6.52. The van der Waals surface area contributed by atoms with Crippen LogP contribution in [0.4, 0.5) is 13.2 Å². The molecule has 7 nitrogen and oxygen atoms in total. The molecule has 2 unspecified atom stereocenters. The summed E-state index contributed by atoms with van der Waals surface area (Å²) in [6.45, 7) is 10.4. The third-order valence-corrected chi connectivity index (χ3v) is 10.1. The van der Waals surface area contributed by atoms with Crippen LogP contribution in [0.1, 0.15) is 67.2 Å². The average Bonchev–Trinajstić information content (AvgIpc) is 3.80. The number of ketones is 1. The van der Waals surface area contributed by atoms with Gasteiger partial charge in [0.1, 0.15) is 11.3 Å². The van der Waals surface area contributed by atoms with E-state index in [4.69, 9.17) is 14.6 Å². The second-order valence-electron chi connectivity index (χ2n) is 12.5. The average molecular weight is 622 g/mol. The lowest BCUT2D eigenvalue weighted by Crippen LogP contribution is -2.40. The number of aliphatic hydroxyl groups excluding tert-OH is 2. The maximum Gasteiger partial charge on any atom is 0.420 e. The molecule has 232 valence electrons. The highest BCUT2D eigenvalue weighted by molar-refractivity contribution is 7.83. The van der Waals surface area contributed by atoms with Crippen molar-refractivity contribution >= 4 is 38.5 Å². The molecule has 0 aromatic carbocycles. The van der Waals surface area contributed by atoms with Crippen LogP contribution in [0.5, 0.6) is 0 Å². The molecule has 3 rings (SSSR count). The Morgan fingerprint density at radius 1 is 1.24 bits per heavy atom. The van der Waals surface area contributed by atoms with Crippen molar-refractivity contribution in [1.82, 2.24) is 0 Å². The number of aliphatic hydroxyl groups is 2. The van der Waals surface area contributed by atoms with Crippen LogP contribution in [-0.2, 0) is 14.3 Å². The van der Waals surface area contributed by atoms with E-state index in [1.807, 2.05) is 13.8 Å². The molecule has 0 aromatic heterocycles. The SMILES string of the molecule is C/C(=C\C(=C\S)N=CCO)[C@@H]1C[C@@H]2O[C@]2(C(F)(F)F)CC2C([C@H]2C)[C@H](C)[C@H](O)[C@@H](C)C(=O)C(C)(C)CCC(=PO)O1. The minimum atomic E-state index is -4.61. The minimum absolute atomic E-state index is 0.0519. The Morgan fingerprint density at radius 2 is 1.90 bits per heavy atom. The van der Waals surface area contributed by atoms with Gasteiger partial charge in [0.05, 0.1) is 39.0 Å². The van der Waals surface area contributed by atoms with Crippen molar-refractivity contribution in [2.24, 2.45) is 40.0 Å². The standard InChI is InChI=1S/C29H43F3NO6PS/c1-15(11-19(14-41)33-9-10-34)21-12-22-28(39-22,29(30,31)32)13-20-16(2)24(20)17(3)25(35)18(4)26(36)27(5,6)8-7-23(38-21)40-37/h9,11,14,16-18,20-22,24-25,34-35,37,41H,7-8,10,12-13H2,1-6H3/b15-11+,19-14-,33-9?/t16-,17-,18+,20?,21-,22-,24?,25-,28+/m0/s1. The second kappa shape index (κ2) is 13.3. The first kappa shape index (κ1) is 34.4. The first-order valence-corrected chi connectivity index (χ1v) is 15.4. The van der Waals surface area contributed by atoms with Gasteiger partial charge in [-0.1, -0.05) is 34.6 Å². The Bertz CT molecular complexity index is 1090. The molecule has 0 amide bonds. The van der Waals surface area contributed by atoms with Gasteiger partial charge in [0.15, 0.2) is 5.60 Å². The van der Waals surface area contributed by atoms with Crippen LogP contribution in [0.25, 0.3) is 0 Å². The van der Waals surface area contributed by atoms with Gasteiger partial charge in [-0.15, -0.1) is 12.6 Å². The maximum absolute atomic E-state index is 14.5. The van der Waals surface area contributed by atoms with Crippen molar-refractivity contribution in [2.45, 2.75) is 97.3 Å². The van der Waals surface area contributed by atoms with Gasteiger partial charge in [-0.25, -0.2) is 0 Å². The number of ether oxygens (including phenoxy) is 2. The molecule has 3 N–H and O–H groups in total. The Kier molecular flexibility index (Phi) is 11.2. The normalized spacial score (nSPS) is 40.4. The Hall–Kier alpha value is -1.07. The zero-order valence-corrected chi connectivity index (χ0v) is 26.2. The van der Waals surface area contributed by atoms with Gasteiger partial charge in [-0.2, -0.15) is 13.2 Å². The predicted molar refractivity (Wildman–Crippen MR) is 157 cm³/mol. The number of alkyl halides is 3. The smallest absolute Gasteiger partial charge is 0.392 e. The maximum atomic E-state index is 14.5. The number of carbonyl (C=O) groups excluding carboxylic acids is 1. The highest BCUT2D eigenvalue weighted by Crippen LogP contribution is 2.63. The number of fused-ring (bicyclic) bond motifs is 2. The fourth-order valence-corrected chi connectivity index (χ4v) is 7.05. The van der Waals surface area contributed by atoms with Gasteiger partial charge >= 0.3 is 6.18 Å². The fraction of sp³-hybridized carbons (Fsp3) is 0.759. The van der Waals surface area contributed by atoms with Crippen molar-refractivity contribution in [2.75, 3.05) is 6.61 Å². The monoisotopic (exact) mass is 621 g/mol. The number of hydrogen-bond donors (Lipinski definition) is 4. The van der Waals surface area contributed by atoms with Gasteiger partial charge in [-0.3, -0.25) is 9.79 Å². The number of hydrogen-bond acceptors (Lipinski definition) is 8. The lowest BCUT2D eigenvalue weighted by atomic mass is 9.74. The summed E-state index contributed by atoms with van der Waals surface area (Å²) in [6, 6.07) is 0. The number of epoxide rings is 1.